The Morgan fingerprint density at radius 1 is 1.44 bits per heavy atom. The van der Waals surface area contributed by atoms with Crippen molar-refractivity contribution in [1.29, 1.82) is 0 Å². The third-order valence-corrected chi connectivity index (χ3v) is 3.49. The smallest absolute Gasteiger partial charge is 0.148 e. The average molecular weight is 250 g/mol. The van der Waals surface area contributed by atoms with E-state index in [0.717, 1.165) is 19.6 Å². The highest BCUT2D eigenvalue weighted by molar-refractivity contribution is 7.90. The van der Waals surface area contributed by atoms with Gasteiger partial charge in [0.15, 0.2) is 0 Å². The highest BCUT2D eigenvalue weighted by Crippen LogP contribution is 2.06. The second-order valence-corrected chi connectivity index (χ2v) is 6.95. The Balaban J connectivity index is 2.33. The molecule has 5 nitrogen and oxygen atoms in total. The molecule has 1 saturated heterocycles. The maximum atomic E-state index is 11.1. The molecule has 0 saturated carbocycles. The molecule has 0 spiro atoms. The molecule has 6 heteroatoms. The fraction of sp³-hybridized carbons (Fsp3) is 1.00. The van der Waals surface area contributed by atoms with E-state index in [0.29, 0.717) is 13.2 Å². The summed E-state index contributed by atoms with van der Waals surface area (Å²) in [6.45, 7) is 3.86. The zero-order valence-corrected chi connectivity index (χ0v) is 11.2. The molecule has 96 valence electrons. The van der Waals surface area contributed by atoms with Crippen LogP contribution in [0.25, 0.3) is 0 Å². The van der Waals surface area contributed by atoms with Crippen LogP contribution in [0.2, 0.25) is 0 Å². The first kappa shape index (κ1) is 13.9. The molecule has 0 N–H and O–H groups in total. The van der Waals surface area contributed by atoms with Crippen molar-refractivity contribution in [3.05, 3.63) is 0 Å². The van der Waals surface area contributed by atoms with Gasteiger partial charge in [0, 0.05) is 32.4 Å². The molecule has 1 heterocycles. The number of rotatable bonds is 5. The van der Waals surface area contributed by atoms with Crippen molar-refractivity contribution < 1.29 is 13.2 Å². The van der Waals surface area contributed by atoms with Crippen molar-refractivity contribution in [2.75, 3.05) is 58.9 Å². The van der Waals surface area contributed by atoms with Gasteiger partial charge in [-0.3, -0.25) is 4.90 Å². The third kappa shape index (κ3) is 5.79. The minimum absolute atomic E-state index is 0.198. The highest BCUT2D eigenvalue weighted by Gasteiger charge is 2.21. The molecular weight excluding hydrogens is 228 g/mol. The Hall–Kier alpha value is -0.170. The van der Waals surface area contributed by atoms with E-state index in [4.69, 9.17) is 4.74 Å². The minimum Gasteiger partial charge on any atom is -0.374 e. The van der Waals surface area contributed by atoms with Crippen molar-refractivity contribution >= 4 is 9.84 Å². The van der Waals surface area contributed by atoms with Crippen LogP contribution < -0.4 is 0 Å². The number of sulfone groups is 1. The van der Waals surface area contributed by atoms with Crippen LogP contribution in [0.5, 0.6) is 0 Å². The third-order valence-electron chi connectivity index (χ3n) is 2.57. The van der Waals surface area contributed by atoms with Crippen molar-refractivity contribution in [3.8, 4) is 0 Å². The molecule has 1 atom stereocenters. The molecule has 1 rings (SSSR count). The van der Waals surface area contributed by atoms with Gasteiger partial charge in [-0.2, -0.15) is 0 Å². The Labute approximate surface area is 98.3 Å². The summed E-state index contributed by atoms with van der Waals surface area (Å²) in [5, 5.41) is 0. The normalized spacial score (nSPS) is 23.9. The molecule has 0 amide bonds. The van der Waals surface area contributed by atoms with E-state index in [1.807, 2.05) is 14.1 Å². The van der Waals surface area contributed by atoms with Crippen molar-refractivity contribution in [1.82, 2.24) is 9.80 Å². The number of ether oxygens (including phenoxy) is 1. The molecule has 0 aromatic carbocycles. The van der Waals surface area contributed by atoms with E-state index in [9.17, 15) is 8.42 Å². The lowest BCUT2D eigenvalue weighted by Gasteiger charge is -2.33. The zero-order chi connectivity index (χ0) is 12.2. The minimum atomic E-state index is -2.86. The van der Waals surface area contributed by atoms with Gasteiger partial charge in [-0.25, -0.2) is 8.42 Å². The molecule has 0 radical (unpaired) electrons. The molecule has 0 aromatic rings. The average Bonchev–Trinajstić information content (AvgIpc) is 2.13. The molecule has 16 heavy (non-hydrogen) atoms. The largest absolute Gasteiger partial charge is 0.374 e. The molecule has 1 aliphatic rings. The predicted octanol–water partition coefficient (Wildman–Crippen LogP) is -0.707. The summed E-state index contributed by atoms with van der Waals surface area (Å²) in [7, 11) is 1.17. The maximum absolute atomic E-state index is 11.1. The number of nitrogens with zero attached hydrogens (tertiary/aromatic N) is 2. The summed E-state index contributed by atoms with van der Waals surface area (Å²) in [5.74, 6) is 0.238. The molecule has 0 unspecified atom stereocenters. The van der Waals surface area contributed by atoms with E-state index in [1.54, 1.807) is 0 Å². The molecular formula is C10H22N2O3S. The molecule has 0 bridgehead atoms. The van der Waals surface area contributed by atoms with Gasteiger partial charge in [-0.15, -0.1) is 0 Å². The number of hydrogen-bond acceptors (Lipinski definition) is 5. The highest BCUT2D eigenvalue weighted by atomic mass is 32.2. The first-order valence-corrected chi connectivity index (χ1v) is 7.59. The lowest BCUT2D eigenvalue weighted by atomic mass is 10.2. The molecule has 0 aromatic heterocycles. The fourth-order valence-corrected chi connectivity index (χ4v) is 2.39. The second kappa shape index (κ2) is 5.95. The van der Waals surface area contributed by atoms with E-state index in [2.05, 4.69) is 9.80 Å². The van der Waals surface area contributed by atoms with Crippen LogP contribution in [0.3, 0.4) is 0 Å². The van der Waals surface area contributed by atoms with Gasteiger partial charge in [-0.1, -0.05) is 0 Å². The van der Waals surface area contributed by atoms with Crippen molar-refractivity contribution in [2.24, 2.45) is 0 Å². The lowest BCUT2D eigenvalue weighted by molar-refractivity contribution is -0.0361. The van der Waals surface area contributed by atoms with E-state index < -0.39 is 9.84 Å². The SMILES string of the molecule is CN(C)C[C@H]1CN(CCS(C)(=O)=O)CCO1. The van der Waals surface area contributed by atoms with Gasteiger partial charge in [-0.05, 0) is 14.1 Å². The van der Waals surface area contributed by atoms with Crippen molar-refractivity contribution in [3.63, 3.8) is 0 Å². The van der Waals surface area contributed by atoms with Gasteiger partial charge in [0.2, 0.25) is 0 Å². The van der Waals surface area contributed by atoms with Crippen LogP contribution in [0.15, 0.2) is 0 Å². The van der Waals surface area contributed by atoms with Gasteiger partial charge in [0.05, 0.1) is 18.5 Å². The molecule has 0 aliphatic carbocycles. The summed E-state index contributed by atoms with van der Waals surface area (Å²) < 4.78 is 27.8. The Kier molecular flexibility index (Phi) is 5.17. The quantitative estimate of drug-likeness (QED) is 0.645. The standard InChI is InChI=1S/C10H22N2O3S/c1-11(2)8-10-9-12(4-6-15-10)5-7-16(3,13)14/h10H,4-9H2,1-3H3/t10-/m0/s1. The van der Waals surface area contributed by atoms with Gasteiger partial charge >= 0.3 is 0 Å². The number of hydrogen-bond donors (Lipinski definition) is 0. The number of morpholine rings is 1. The van der Waals surface area contributed by atoms with Crippen LogP contribution in [0, 0.1) is 0 Å². The van der Waals surface area contributed by atoms with E-state index in [1.165, 1.54) is 6.26 Å². The predicted molar refractivity (Wildman–Crippen MR) is 64.4 cm³/mol. The van der Waals surface area contributed by atoms with E-state index >= 15 is 0 Å². The summed E-state index contributed by atoms with van der Waals surface area (Å²) >= 11 is 0. The fourth-order valence-electron chi connectivity index (χ4n) is 1.80. The maximum Gasteiger partial charge on any atom is 0.148 e. The van der Waals surface area contributed by atoms with E-state index in [-0.39, 0.29) is 11.9 Å². The monoisotopic (exact) mass is 250 g/mol. The number of likely N-dealkylation sites (N-methyl/N-ethyl adjacent to an activating group) is 1. The Morgan fingerprint density at radius 2 is 2.12 bits per heavy atom. The Morgan fingerprint density at radius 3 is 2.69 bits per heavy atom. The second-order valence-electron chi connectivity index (χ2n) is 4.69. The van der Waals surface area contributed by atoms with Crippen LogP contribution in [0.1, 0.15) is 0 Å². The van der Waals surface area contributed by atoms with Crippen molar-refractivity contribution in [2.45, 2.75) is 6.10 Å². The van der Waals surface area contributed by atoms with Gasteiger partial charge in [0.1, 0.15) is 9.84 Å². The Bertz CT molecular complexity index is 303. The summed E-state index contributed by atoms with van der Waals surface area (Å²) in [6, 6.07) is 0. The topological polar surface area (TPSA) is 49.9 Å². The van der Waals surface area contributed by atoms with Gasteiger partial charge < -0.3 is 9.64 Å². The molecule has 1 fully saturated rings. The molecule has 1 aliphatic heterocycles. The summed E-state index contributed by atoms with van der Waals surface area (Å²) in [5.41, 5.74) is 0. The lowest BCUT2D eigenvalue weighted by Crippen LogP contribution is -2.47. The van der Waals surface area contributed by atoms with Gasteiger partial charge in [0.25, 0.3) is 0 Å². The van der Waals surface area contributed by atoms with Crippen LogP contribution in [-0.2, 0) is 14.6 Å². The first-order valence-electron chi connectivity index (χ1n) is 5.53. The van der Waals surface area contributed by atoms with Crippen LogP contribution in [0.4, 0.5) is 0 Å². The van der Waals surface area contributed by atoms with Crippen LogP contribution >= 0.6 is 0 Å². The summed E-state index contributed by atoms with van der Waals surface area (Å²) in [6.07, 6.45) is 1.48. The summed E-state index contributed by atoms with van der Waals surface area (Å²) in [4.78, 5) is 4.25. The zero-order valence-electron chi connectivity index (χ0n) is 10.3. The first-order chi connectivity index (χ1) is 7.37. The van der Waals surface area contributed by atoms with Crippen LogP contribution in [-0.4, -0.2) is 83.2 Å².